The molecule has 3 rings (SSSR count). The van der Waals surface area contributed by atoms with Gasteiger partial charge in [0.2, 0.25) is 5.95 Å². The van der Waals surface area contributed by atoms with Crippen LogP contribution in [0.3, 0.4) is 0 Å². The fourth-order valence-electron chi connectivity index (χ4n) is 2.26. The van der Waals surface area contributed by atoms with Gasteiger partial charge in [0, 0.05) is 31.2 Å². The van der Waals surface area contributed by atoms with Crippen LogP contribution in [0, 0.1) is 0 Å². The molecule has 0 saturated heterocycles. The molecule has 0 saturated carbocycles. The number of hydrogen-bond acceptors (Lipinski definition) is 5. The summed E-state index contributed by atoms with van der Waals surface area (Å²) in [5.74, 6) is 0.519. The molecule has 1 N–H and O–H groups in total. The van der Waals surface area contributed by atoms with Crippen LogP contribution in [0.1, 0.15) is 17.3 Å². The van der Waals surface area contributed by atoms with Crippen molar-refractivity contribution in [2.45, 2.75) is 6.92 Å². The Bertz CT molecular complexity index is 623. The molecule has 1 aliphatic rings. The van der Waals surface area contributed by atoms with E-state index in [2.05, 4.69) is 15.3 Å². The van der Waals surface area contributed by atoms with Crippen LogP contribution in [0.5, 0.6) is 0 Å². The Morgan fingerprint density at radius 2 is 2.40 bits per heavy atom. The summed E-state index contributed by atoms with van der Waals surface area (Å²) in [6.45, 7) is 3.78. The first kappa shape index (κ1) is 12.5. The molecule has 0 spiro atoms. The average Bonchev–Trinajstić information content (AvgIpc) is 2.96. The van der Waals surface area contributed by atoms with Gasteiger partial charge in [-0.1, -0.05) is 6.07 Å². The second kappa shape index (κ2) is 5.24. The van der Waals surface area contributed by atoms with E-state index in [-0.39, 0.29) is 5.97 Å². The van der Waals surface area contributed by atoms with Crippen molar-refractivity contribution in [1.82, 2.24) is 9.66 Å². The highest BCUT2D eigenvalue weighted by Crippen LogP contribution is 2.25. The number of carbonyl (C=O) groups excluding carboxylic acids is 1. The van der Waals surface area contributed by atoms with E-state index < -0.39 is 0 Å². The Balaban J connectivity index is 1.92. The van der Waals surface area contributed by atoms with E-state index in [1.165, 1.54) is 0 Å². The van der Waals surface area contributed by atoms with Gasteiger partial charge in [-0.15, -0.1) is 0 Å². The van der Waals surface area contributed by atoms with Gasteiger partial charge < -0.3 is 15.1 Å². The molecule has 0 amide bonds. The first-order valence-electron chi connectivity index (χ1n) is 6.61. The van der Waals surface area contributed by atoms with Gasteiger partial charge in [-0.25, -0.2) is 14.5 Å². The Hall–Kier alpha value is -2.50. The second-order valence-corrected chi connectivity index (χ2v) is 4.43. The number of esters is 1. The van der Waals surface area contributed by atoms with E-state index >= 15 is 0 Å². The summed E-state index contributed by atoms with van der Waals surface area (Å²) in [6, 6.07) is 7.42. The molecule has 0 radical (unpaired) electrons. The molecule has 6 nitrogen and oxygen atoms in total. The van der Waals surface area contributed by atoms with Crippen LogP contribution in [-0.4, -0.2) is 35.3 Å². The zero-order chi connectivity index (χ0) is 13.9. The lowest BCUT2D eigenvalue weighted by molar-refractivity contribution is 0.0526. The minimum Gasteiger partial charge on any atom is -0.462 e. The maximum atomic E-state index is 11.8. The number of nitrogens with zero attached hydrogens (tertiary/aromatic N) is 3. The molecule has 0 fully saturated rings. The Morgan fingerprint density at radius 3 is 3.25 bits per heavy atom. The van der Waals surface area contributed by atoms with Crippen LogP contribution < -0.4 is 10.3 Å². The maximum absolute atomic E-state index is 11.8. The molecule has 104 valence electrons. The standard InChI is InChI=1S/C14H16N4O2/c1-2-20-13(19)11-4-3-5-12(10-11)17-8-7-16-18-9-6-15-14(17)18/h3-6,9-10,16H,2,7-8H2,1H3. The zero-order valence-corrected chi connectivity index (χ0v) is 11.2. The Morgan fingerprint density at radius 1 is 1.50 bits per heavy atom. The second-order valence-electron chi connectivity index (χ2n) is 4.43. The molecule has 2 aromatic rings. The highest BCUT2D eigenvalue weighted by Gasteiger charge is 2.19. The number of aromatic nitrogens is 2. The molecule has 0 bridgehead atoms. The highest BCUT2D eigenvalue weighted by molar-refractivity contribution is 5.90. The monoisotopic (exact) mass is 272 g/mol. The zero-order valence-electron chi connectivity index (χ0n) is 11.2. The van der Waals surface area contributed by atoms with Gasteiger partial charge >= 0.3 is 5.97 Å². The highest BCUT2D eigenvalue weighted by atomic mass is 16.5. The predicted octanol–water partition coefficient (Wildman–Crippen LogP) is 1.75. The normalized spacial score (nSPS) is 13.6. The summed E-state index contributed by atoms with van der Waals surface area (Å²) < 4.78 is 6.91. The molecule has 6 heteroatoms. The van der Waals surface area contributed by atoms with E-state index in [0.717, 1.165) is 24.7 Å². The quantitative estimate of drug-likeness (QED) is 0.863. The number of fused-ring (bicyclic) bond motifs is 1. The molecular formula is C14H16N4O2. The van der Waals surface area contributed by atoms with E-state index in [4.69, 9.17) is 4.74 Å². The summed E-state index contributed by atoms with van der Waals surface area (Å²) >= 11 is 0. The van der Waals surface area contributed by atoms with Crippen LogP contribution in [0.2, 0.25) is 0 Å². The average molecular weight is 272 g/mol. The molecule has 0 unspecified atom stereocenters. The number of ether oxygens (including phenoxy) is 1. The van der Waals surface area contributed by atoms with Gasteiger partial charge in [-0.3, -0.25) is 0 Å². The molecule has 2 heterocycles. The van der Waals surface area contributed by atoms with E-state index in [1.807, 2.05) is 29.1 Å². The van der Waals surface area contributed by atoms with Gasteiger partial charge in [0.15, 0.2) is 0 Å². The third-order valence-corrected chi connectivity index (χ3v) is 3.15. The Labute approximate surface area is 117 Å². The smallest absolute Gasteiger partial charge is 0.338 e. The molecule has 20 heavy (non-hydrogen) atoms. The van der Waals surface area contributed by atoms with Gasteiger partial charge in [-0.2, -0.15) is 0 Å². The van der Waals surface area contributed by atoms with Crippen molar-refractivity contribution in [3.05, 3.63) is 42.2 Å². The van der Waals surface area contributed by atoms with Gasteiger partial charge in [0.25, 0.3) is 0 Å². The fourth-order valence-corrected chi connectivity index (χ4v) is 2.26. The number of hydrogen-bond donors (Lipinski definition) is 1. The third-order valence-electron chi connectivity index (χ3n) is 3.15. The summed E-state index contributed by atoms with van der Waals surface area (Å²) in [6.07, 6.45) is 3.62. The number of nitrogens with one attached hydrogen (secondary N) is 1. The van der Waals surface area contributed by atoms with Crippen molar-refractivity contribution in [2.75, 3.05) is 30.0 Å². The van der Waals surface area contributed by atoms with Crippen molar-refractivity contribution in [3.63, 3.8) is 0 Å². The molecule has 1 aromatic carbocycles. The van der Waals surface area contributed by atoms with Gasteiger partial charge in [0.1, 0.15) is 0 Å². The van der Waals surface area contributed by atoms with Crippen molar-refractivity contribution >= 4 is 17.6 Å². The lowest BCUT2D eigenvalue weighted by atomic mass is 10.2. The van der Waals surface area contributed by atoms with Crippen molar-refractivity contribution in [3.8, 4) is 0 Å². The summed E-state index contributed by atoms with van der Waals surface area (Å²) in [4.78, 5) is 18.2. The topological polar surface area (TPSA) is 59.4 Å². The third kappa shape index (κ3) is 2.20. The summed E-state index contributed by atoms with van der Waals surface area (Å²) in [5.41, 5.74) is 4.71. The number of anilines is 2. The molecule has 1 aliphatic heterocycles. The molecular weight excluding hydrogens is 256 g/mol. The maximum Gasteiger partial charge on any atom is 0.338 e. The lowest BCUT2D eigenvalue weighted by Crippen LogP contribution is -2.36. The lowest BCUT2D eigenvalue weighted by Gasteiger charge is -2.29. The van der Waals surface area contributed by atoms with Crippen LogP contribution in [0.15, 0.2) is 36.7 Å². The predicted molar refractivity (Wildman–Crippen MR) is 75.9 cm³/mol. The SMILES string of the molecule is CCOC(=O)c1cccc(N2CCNn3ccnc32)c1. The number of benzene rings is 1. The minimum atomic E-state index is -0.298. The van der Waals surface area contributed by atoms with Crippen molar-refractivity contribution < 1.29 is 9.53 Å². The van der Waals surface area contributed by atoms with Crippen molar-refractivity contribution in [1.29, 1.82) is 0 Å². The van der Waals surface area contributed by atoms with Crippen LogP contribution in [0.25, 0.3) is 0 Å². The van der Waals surface area contributed by atoms with Gasteiger partial charge in [0.05, 0.1) is 12.2 Å². The minimum absolute atomic E-state index is 0.298. The van der Waals surface area contributed by atoms with Crippen molar-refractivity contribution in [2.24, 2.45) is 0 Å². The number of carbonyl (C=O) groups is 1. The van der Waals surface area contributed by atoms with E-state index in [9.17, 15) is 4.79 Å². The number of imidazole rings is 1. The van der Waals surface area contributed by atoms with Crippen LogP contribution >= 0.6 is 0 Å². The largest absolute Gasteiger partial charge is 0.462 e. The molecule has 1 aromatic heterocycles. The Kier molecular flexibility index (Phi) is 3.28. The fraction of sp³-hybridized carbons (Fsp3) is 0.286. The van der Waals surface area contributed by atoms with Crippen LogP contribution in [0.4, 0.5) is 11.6 Å². The number of rotatable bonds is 3. The first-order chi connectivity index (χ1) is 9.79. The molecule has 0 aliphatic carbocycles. The van der Waals surface area contributed by atoms with Crippen LogP contribution in [-0.2, 0) is 4.74 Å². The van der Waals surface area contributed by atoms with E-state index in [0.29, 0.717) is 12.2 Å². The molecule has 0 atom stereocenters. The van der Waals surface area contributed by atoms with E-state index in [1.54, 1.807) is 19.2 Å². The summed E-state index contributed by atoms with van der Waals surface area (Å²) in [5, 5.41) is 0. The van der Waals surface area contributed by atoms with Gasteiger partial charge in [-0.05, 0) is 25.1 Å². The first-order valence-corrected chi connectivity index (χ1v) is 6.61. The summed E-state index contributed by atoms with van der Waals surface area (Å²) in [7, 11) is 0.